The van der Waals surface area contributed by atoms with E-state index in [2.05, 4.69) is 12.1 Å². The molecule has 0 N–H and O–H groups in total. The maximum atomic E-state index is 5.56. The van der Waals surface area contributed by atoms with Gasteiger partial charge >= 0.3 is 0 Å². The average molecular weight is 316 g/mol. The predicted octanol–water partition coefficient (Wildman–Crippen LogP) is 3.93. The van der Waals surface area contributed by atoms with Gasteiger partial charge in [-0.2, -0.15) is 0 Å². The highest BCUT2D eigenvalue weighted by Gasteiger charge is 2.16. The third kappa shape index (κ3) is 3.52. The van der Waals surface area contributed by atoms with Crippen molar-refractivity contribution in [3.63, 3.8) is 0 Å². The van der Waals surface area contributed by atoms with Gasteiger partial charge in [-0.15, -0.1) is 0 Å². The van der Waals surface area contributed by atoms with E-state index in [1.165, 1.54) is 0 Å². The number of aryl methyl sites for hydroxylation is 2. The van der Waals surface area contributed by atoms with E-state index in [1.54, 1.807) is 28.4 Å². The monoisotopic (exact) mass is 316 g/mol. The number of ether oxygens (including phenoxy) is 4. The van der Waals surface area contributed by atoms with E-state index in [-0.39, 0.29) is 0 Å². The van der Waals surface area contributed by atoms with Gasteiger partial charge in [0.2, 0.25) is 0 Å². The molecule has 4 heteroatoms. The highest BCUT2D eigenvalue weighted by atomic mass is 16.5. The second kappa shape index (κ2) is 7.27. The van der Waals surface area contributed by atoms with Crippen LogP contribution in [0.1, 0.15) is 22.3 Å². The second-order valence-electron chi connectivity index (χ2n) is 5.50. The summed E-state index contributed by atoms with van der Waals surface area (Å²) in [7, 11) is 6.62. The summed E-state index contributed by atoms with van der Waals surface area (Å²) in [4.78, 5) is 0. The number of methoxy groups -OCH3 is 4. The minimum atomic E-state index is 0.669. The van der Waals surface area contributed by atoms with Crippen LogP contribution in [0, 0.1) is 13.8 Å². The Kier molecular flexibility index (Phi) is 5.37. The maximum Gasteiger partial charge on any atom is 0.164 e. The van der Waals surface area contributed by atoms with Crippen LogP contribution in [0.5, 0.6) is 23.0 Å². The molecule has 0 spiro atoms. The summed E-state index contributed by atoms with van der Waals surface area (Å²) in [6, 6.07) is 8.15. The van der Waals surface area contributed by atoms with E-state index in [1.807, 2.05) is 26.0 Å². The molecule has 0 unspecified atom stereocenters. The van der Waals surface area contributed by atoms with Crippen molar-refractivity contribution in [3.05, 3.63) is 46.5 Å². The molecule has 0 saturated heterocycles. The van der Waals surface area contributed by atoms with Gasteiger partial charge in [-0.1, -0.05) is 12.1 Å². The van der Waals surface area contributed by atoms with Crippen LogP contribution in [0.15, 0.2) is 24.3 Å². The maximum absolute atomic E-state index is 5.56. The summed E-state index contributed by atoms with van der Waals surface area (Å²) in [6.07, 6.45) is 0.669. The van der Waals surface area contributed by atoms with Crippen molar-refractivity contribution >= 4 is 0 Å². The van der Waals surface area contributed by atoms with Crippen LogP contribution < -0.4 is 18.9 Å². The fraction of sp³-hybridized carbons (Fsp3) is 0.368. The van der Waals surface area contributed by atoms with Gasteiger partial charge in [0.15, 0.2) is 23.0 Å². The van der Waals surface area contributed by atoms with Gasteiger partial charge in [0.25, 0.3) is 0 Å². The van der Waals surface area contributed by atoms with Crippen molar-refractivity contribution in [2.45, 2.75) is 20.3 Å². The smallest absolute Gasteiger partial charge is 0.164 e. The summed E-state index contributed by atoms with van der Waals surface area (Å²) < 4.78 is 22.0. The zero-order chi connectivity index (χ0) is 17.0. The predicted molar refractivity (Wildman–Crippen MR) is 91.4 cm³/mol. The Morgan fingerprint density at radius 1 is 0.609 bits per heavy atom. The Labute approximate surface area is 137 Å². The minimum absolute atomic E-state index is 0.669. The van der Waals surface area contributed by atoms with Gasteiger partial charge in [0.1, 0.15) is 0 Å². The molecule has 23 heavy (non-hydrogen) atoms. The molecule has 0 aliphatic carbocycles. The van der Waals surface area contributed by atoms with Gasteiger partial charge in [0, 0.05) is 17.5 Å². The third-order valence-corrected chi connectivity index (χ3v) is 3.78. The molecular formula is C19H24O4. The number of hydrogen-bond donors (Lipinski definition) is 0. The van der Waals surface area contributed by atoms with Gasteiger partial charge in [0.05, 0.1) is 28.4 Å². The molecule has 0 aliphatic rings. The molecule has 2 aromatic rings. The average Bonchev–Trinajstić information content (AvgIpc) is 2.53. The van der Waals surface area contributed by atoms with E-state index < -0.39 is 0 Å². The molecule has 2 rings (SSSR count). The molecule has 4 nitrogen and oxygen atoms in total. The lowest BCUT2D eigenvalue weighted by molar-refractivity contribution is 0.348. The van der Waals surface area contributed by atoms with Crippen molar-refractivity contribution in [1.82, 2.24) is 0 Å². The van der Waals surface area contributed by atoms with Crippen LogP contribution in [-0.2, 0) is 6.42 Å². The Bertz CT molecular complexity index is 633. The molecular weight excluding hydrogens is 292 g/mol. The number of hydrogen-bond acceptors (Lipinski definition) is 4. The normalized spacial score (nSPS) is 10.3. The lowest BCUT2D eigenvalue weighted by atomic mass is 9.99. The molecule has 0 aromatic heterocycles. The second-order valence-corrected chi connectivity index (χ2v) is 5.50. The molecule has 0 heterocycles. The first kappa shape index (κ1) is 17.0. The summed E-state index contributed by atoms with van der Waals surface area (Å²) in [5, 5.41) is 0. The first-order chi connectivity index (χ1) is 11.0. The molecule has 0 aliphatic heterocycles. The Hall–Kier alpha value is -2.36. The SMILES string of the molecule is COc1cc(C)cc(Cc2cc(C)cc(OC)c2OC)c1OC. The lowest BCUT2D eigenvalue weighted by Gasteiger charge is -2.17. The summed E-state index contributed by atoms with van der Waals surface area (Å²) in [5.74, 6) is 2.98. The van der Waals surface area contributed by atoms with Crippen LogP contribution in [0.3, 0.4) is 0 Å². The summed E-state index contributed by atoms with van der Waals surface area (Å²) >= 11 is 0. The van der Waals surface area contributed by atoms with E-state index in [9.17, 15) is 0 Å². The van der Waals surface area contributed by atoms with Crippen LogP contribution >= 0.6 is 0 Å². The van der Waals surface area contributed by atoms with Crippen LogP contribution in [0.4, 0.5) is 0 Å². The van der Waals surface area contributed by atoms with Crippen molar-refractivity contribution in [2.75, 3.05) is 28.4 Å². The molecule has 2 aromatic carbocycles. The van der Waals surface area contributed by atoms with E-state index >= 15 is 0 Å². The molecule has 0 fully saturated rings. The van der Waals surface area contributed by atoms with Crippen molar-refractivity contribution in [2.24, 2.45) is 0 Å². The van der Waals surface area contributed by atoms with Gasteiger partial charge in [-0.3, -0.25) is 0 Å². The van der Waals surface area contributed by atoms with Crippen molar-refractivity contribution in [1.29, 1.82) is 0 Å². The van der Waals surface area contributed by atoms with Crippen molar-refractivity contribution < 1.29 is 18.9 Å². The molecule has 0 atom stereocenters. The standard InChI is InChI=1S/C19H24O4/c1-12-7-14(18(22-5)16(9-12)20-3)11-15-8-13(2)10-17(21-4)19(15)23-6/h7-10H,11H2,1-6H3. The molecule has 0 amide bonds. The quantitative estimate of drug-likeness (QED) is 0.809. The van der Waals surface area contributed by atoms with Gasteiger partial charge in [-0.05, 0) is 37.1 Å². The topological polar surface area (TPSA) is 36.9 Å². The number of benzene rings is 2. The molecule has 124 valence electrons. The zero-order valence-corrected chi connectivity index (χ0v) is 14.6. The fourth-order valence-corrected chi connectivity index (χ4v) is 2.86. The zero-order valence-electron chi connectivity index (χ0n) is 14.6. The largest absolute Gasteiger partial charge is 0.493 e. The Morgan fingerprint density at radius 2 is 1.00 bits per heavy atom. The van der Waals surface area contributed by atoms with Crippen molar-refractivity contribution in [3.8, 4) is 23.0 Å². The highest BCUT2D eigenvalue weighted by molar-refractivity contribution is 5.55. The first-order valence-electron chi connectivity index (χ1n) is 7.47. The molecule has 0 radical (unpaired) electrons. The summed E-state index contributed by atoms with van der Waals surface area (Å²) in [5.41, 5.74) is 4.35. The third-order valence-electron chi connectivity index (χ3n) is 3.78. The number of rotatable bonds is 6. The Balaban J connectivity index is 2.55. The van der Waals surface area contributed by atoms with Gasteiger partial charge in [-0.25, -0.2) is 0 Å². The molecule has 0 saturated carbocycles. The molecule has 0 bridgehead atoms. The minimum Gasteiger partial charge on any atom is -0.493 e. The Morgan fingerprint density at radius 3 is 1.30 bits per heavy atom. The first-order valence-corrected chi connectivity index (χ1v) is 7.47. The van der Waals surface area contributed by atoms with Gasteiger partial charge < -0.3 is 18.9 Å². The summed E-state index contributed by atoms with van der Waals surface area (Å²) in [6.45, 7) is 4.08. The van der Waals surface area contributed by atoms with E-state index in [0.717, 1.165) is 45.3 Å². The van der Waals surface area contributed by atoms with Crippen LogP contribution in [-0.4, -0.2) is 28.4 Å². The lowest BCUT2D eigenvalue weighted by Crippen LogP contribution is -2.01. The van der Waals surface area contributed by atoms with E-state index in [0.29, 0.717) is 6.42 Å². The van der Waals surface area contributed by atoms with E-state index in [4.69, 9.17) is 18.9 Å². The highest BCUT2D eigenvalue weighted by Crippen LogP contribution is 2.38. The fourth-order valence-electron chi connectivity index (χ4n) is 2.86. The van der Waals surface area contributed by atoms with Crippen LogP contribution in [0.2, 0.25) is 0 Å². The van der Waals surface area contributed by atoms with Crippen LogP contribution in [0.25, 0.3) is 0 Å².